The summed E-state index contributed by atoms with van der Waals surface area (Å²) in [7, 11) is 3.32. The fourth-order valence-electron chi connectivity index (χ4n) is 2.71. The van der Waals surface area contributed by atoms with Gasteiger partial charge in [-0.3, -0.25) is 4.79 Å². The summed E-state index contributed by atoms with van der Waals surface area (Å²) in [4.78, 5) is 14.1. The lowest BCUT2D eigenvalue weighted by Gasteiger charge is -2.21. The number of nitrogens with two attached hydrogens (primary N) is 1. The standard InChI is InChI=1S/C14H28N2O3/c1-10(2)5-11(7-15)6-14(17)16-8-12(18-3)13(9-16)19-4/h10-13H,5-9,15H2,1-4H3. The van der Waals surface area contributed by atoms with Crippen molar-refractivity contribution in [3.05, 3.63) is 0 Å². The van der Waals surface area contributed by atoms with Gasteiger partial charge in [0.25, 0.3) is 0 Å². The second-order valence-corrected chi connectivity index (χ2v) is 5.78. The number of hydrogen-bond donors (Lipinski definition) is 1. The summed E-state index contributed by atoms with van der Waals surface area (Å²) >= 11 is 0. The number of carbonyl (C=O) groups is 1. The van der Waals surface area contributed by atoms with E-state index in [1.807, 2.05) is 4.90 Å². The van der Waals surface area contributed by atoms with Crippen molar-refractivity contribution in [1.29, 1.82) is 0 Å². The van der Waals surface area contributed by atoms with Crippen LogP contribution in [0.1, 0.15) is 26.7 Å². The largest absolute Gasteiger partial charge is 0.377 e. The fourth-order valence-corrected chi connectivity index (χ4v) is 2.71. The van der Waals surface area contributed by atoms with Crippen molar-refractivity contribution in [1.82, 2.24) is 4.90 Å². The van der Waals surface area contributed by atoms with Crippen LogP contribution < -0.4 is 5.73 Å². The molecule has 1 rings (SSSR count). The Balaban J connectivity index is 2.49. The van der Waals surface area contributed by atoms with Crippen LogP contribution in [0.15, 0.2) is 0 Å². The first-order valence-electron chi connectivity index (χ1n) is 7.05. The third-order valence-electron chi connectivity index (χ3n) is 3.77. The summed E-state index contributed by atoms with van der Waals surface area (Å²) < 4.78 is 10.7. The van der Waals surface area contributed by atoms with Gasteiger partial charge in [0.1, 0.15) is 12.2 Å². The molecule has 0 radical (unpaired) electrons. The smallest absolute Gasteiger partial charge is 0.223 e. The maximum Gasteiger partial charge on any atom is 0.223 e. The first-order valence-corrected chi connectivity index (χ1v) is 7.05. The highest BCUT2D eigenvalue weighted by Gasteiger charge is 2.35. The van der Waals surface area contributed by atoms with Crippen molar-refractivity contribution >= 4 is 5.91 Å². The van der Waals surface area contributed by atoms with Gasteiger partial charge in [-0.05, 0) is 24.8 Å². The first-order chi connectivity index (χ1) is 9.01. The van der Waals surface area contributed by atoms with E-state index in [0.29, 0.717) is 32.0 Å². The zero-order valence-electron chi connectivity index (χ0n) is 12.6. The van der Waals surface area contributed by atoms with Crippen molar-refractivity contribution in [3.8, 4) is 0 Å². The third-order valence-corrected chi connectivity index (χ3v) is 3.77. The zero-order valence-corrected chi connectivity index (χ0v) is 12.6. The lowest BCUT2D eigenvalue weighted by atomic mass is 9.94. The fraction of sp³-hybridized carbons (Fsp3) is 0.929. The number of methoxy groups -OCH3 is 2. The van der Waals surface area contributed by atoms with Gasteiger partial charge in [0.2, 0.25) is 5.91 Å². The van der Waals surface area contributed by atoms with E-state index in [1.54, 1.807) is 14.2 Å². The Kier molecular flexibility index (Phi) is 6.75. The molecule has 3 unspecified atom stereocenters. The van der Waals surface area contributed by atoms with E-state index in [4.69, 9.17) is 15.2 Å². The lowest BCUT2D eigenvalue weighted by Crippen LogP contribution is -2.33. The maximum atomic E-state index is 12.3. The zero-order chi connectivity index (χ0) is 14.4. The molecule has 0 saturated carbocycles. The van der Waals surface area contributed by atoms with Crippen LogP contribution in [0, 0.1) is 11.8 Å². The lowest BCUT2D eigenvalue weighted by molar-refractivity contribution is -0.131. The Morgan fingerprint density at radius 3 is 2.16 bits per heavy atom. The topological polar surface area (TPSA) is 64.8 Å². The molecule has 0 aromatic heterocycles. The van der Waals surface area contributed by atoms with Crippen LogP contribution in [0.4, 0.5) is 0 Å². The summed E-state index contributed by atoms with van der Waals surface area (Å²) in [6, 6.07) is 0. The van der Waals surface area contributed by atoms with E-state index in [9.17, 15) is 4.79 Å². The molecule has 5 heteroatoms. The highest BCUT2D eigenvalue weighted by atomic mass is 16.5. The van der Waals surface area contributed by atoms with E-state index in [-0.39, 0.29) is 24.0 Å². The predicted molar refractivity (Wildman–Crippen MR) is 74.8 cm³/mol. The molecule has 0 bridgehead atoms. The Bertz CT molecular complexity index is 272. The van der Waals surface area contributed by atoms with Gasteiger partial charge in [0.05, 0.1) is 0 Å². The summed E-state index contributed by atoms with van der Waals surface area (Å²) in [5.74, 6) is 1.01. The predicted octanol–water partition coefficient (Wildman–Crippen LogP) is 0.870. The average molecular weight is 272 g/mol. The van der Waals surface area contributed by atoms with Gasteiger partial charge in [-0.15, -0.1) is 0 Å². The van der Waals surface area contributed by atoms with Gasteiger partial charge in [-0.1, -0.05) is 13.8 Å². The van der Waals surface area contributed by atoms with Gasteiger partial charge in [-0.2, -0.15) is 0 Å². The highest BCUT2D eigenvalue weighted by molar-refractivity contribution is 5.77. The number of likely N-dealkylation sites (tertiary alicyclic amines) is 1. The molecule has 1 heterocycles. The Morgan fingerprint density at radius 1 is 1.26 bits per heavy atom. The third kappa shape index (κ3) is 4.75. The minimum absolute atomic E-state index is 0.0182. The van der Waals surface area contributed by atoms with Gasteiger partial charge < -0.3 is 20.1 Å². The van der Waals surface area contributed by atoms with Crippen molar-refractivity contribution in [2.75, 3.05) is 33.9 Å². The molecule has 19 heavy (non-hydrogen) atoms. The van der Waals surface area contributed by atoms with E-state index in [1.165, 1.54) is 0 Å². The second kappa shape index (κ2) is 7.82. The molecule has 1 aliphatic rings. The van der Waals surface area contributed by atoms with Crippen LogP contribution in [-0.2, 0) is 14.3 Å². The van der Waals surface area contributed by atoms with Crippen LogP contribution in [0.25, 0.3) is 0 Å². The van der Waals surface area contributed by atoms with Crippen molar-refractivity contribution < 1.29 is 14.3 Å². The number of hydrogen-bond acceptors (Lipinski definition) is 4. The monoisotopic (exact) mass is 272 g/mol. The van der Waals surface area contributed by atoms with Gasteiger partial charge in [0, 0.05) is 33.7 Å². The van der Waals surface area contributed by atoms with Crippen LogP contribution >= 0.6 is 0 Å². The minimum Gasteiger partial charge on any atom is -0.377 e. The van der Waals surface area contributed by atoms with E-state index in [2.05, 4.69) is 13.8 Å². The molecule has 0 aromatic rings. The Morgan fingerprint density at radius 2 is 1.79 bits per heavy atom. The molecule has 1 aliphatic heterocycles. The van der Waals surface area contributed by atoms with Gasteiger partial charge in [0.15, 0.2) is 0 Å². The number of rotatable bonds is 7. The number of amides is 1. The van der Waals surface area contributed by atoms with Crippen LogP contribution in [0.3, 0.4) is 0 Å². The quantitative estimate of drug-likeness (QED) is 0.747. The Labute approximate surface area is 116 Å². The first kappa shape index (κ1) is 16.4. The molecule has 2 N–H and O–H groups in total. The van der Waals surface area contributed by atoms with Crippen molar-refractivity contribution in [2.45, 2.75) is 38.9 Å². The van der Waals surface area contributed by atoms with E-state index >= 15 is 0 Å². The van der Waals surface area contributed by atoms with Gasteiger partial charge >= 0.3 is 0 Å². The average Bonchev–Trinajstić information content (AvgIpc) is 2.80. The van der Waals surface area contributed by atoms with Gasteiger partial charge in [-0.25, -0.2) is 0 Å². The number of ether oxygens (including phenoxy) is 2. The second-order valence-electron chi connectivity index (χ2n) is 5.78. The SMILES string of the molecule is COC1CN(C(=O)CC(CN)CC(C)C)CC1OC. The molecular formula is C14H28N2O3. The molecule has 112 valence electrons. The van der Waals surface area contributed by atoms with E-state index < -0.39 is 0 Å². The molecule has 1 fully saturated rings. The summed E-state index contributed by atoms with van der Waals surface area (Å²) in [6.07, 6.45) is 1.49. The molecular weight excluding hydrogens is 244 g/mol. The van der Waals surface area contributed by atoms with Crippen LogP contribution in [0.5, 0.6) is 0 Å². The molecule has 1 amide bonds. The Hall–Kier alpha value is -0.650. The highest BCUT2D eigenvalue weighted by Crippen LogP contribution is 2.20. The molecule has 0 spiro atoms. The summed E-state index contributed by atoms with van der Waals surface area (Å²) in [5, 5.41) is 0. The molecule has 3 atom stereocenters. The van der Waals surface area contributed by atoms with E-state index in [0.717, 1.165) is 6.42 Å². The maximum absolute atomic E-state index is 12.3. The molecule has 0 aliphatic carbocycles. The number of nitrogens with zero attached hydrogens (tertiary/aromatic N) is 1. The molecule has 5 nitrogen and oxygen atoms in total. The van der Waals surface area contributed by atoms with Crippen LogP contribution in [-0.4, -0.2) is 56.9 Å². The summed E-state index contributed by atoms with van der Waals surface area (Å²) in [6.45, 7) is 6.12. The van der Waals surface area contributed by atoms with Crippen molar-refractivity contribution in [2.24, 2.45) is 17.6 Å². The minimum atomic E-state index is -0.0182. The number of carbonyl (C=O) groups excluding carboxylic acids is 1. The van der Waals surface area contributed by atoms with Crippen LogP contribution in [0.2, 0.25) is 0 Å². The summed E-state index contributed by atoms with van der Waals surface area (Å²) in [5.41, 5.74) is 5.75. The molecule has 0 aromatic carbocycles. The normalized spacial score (nSPS) is 25.1. The van der Waals surface area contributed by atoms with Crippen molar-refractivity contribution in [3.63, 3.8) is 0 Å². The molecule has 1 saturated heterocycles.